The molecule has 37 heavy (non-hydrogen) atoms. The molecule has 4 fully saturated rings. The van der Waals surface area contributed by atoms with Gasteiger partial charge in [0, 0.05) is 11.3 Å². The summed E-state index contributed by atoms with van der Waals surface area (Å²) < 4.78 is 19.9. The monoisotopic (exact) mass is 532 g/mol. The maximum absolute atomic E-state index is 11.3. The van der Waals surface area contributed by atoms with Gasteiger partial charge >= 0.3 is 0 Å². The summed E-state index contributed by atoms with van der Waals surface area (Å²) in [5.74, 6) is 8.04. The molecule has 3 aliphatic carbocycles. The first kappa shape index (κ1) is 29.6. The van der Waals surface area contributed by atoms with Crippen LogP contribution >= 0.6 is 0 Å². The van der Waals surface area contributed by atoms with E-state index in [4.69, 9.17) is 13.9 Å². The van der Waals surface area contributed by atoms with E-state index >= 15 is 0 Å². The Bertz CT molecular complexity index is 811. The van der Waals surface area contributed by atoms with E-state index < -0.39 is 14.1 Å². The van der Waals surface area contributed by atoms with Gasteiger partial charge in [0.15, 0.2) is 14.1 Å². The molecule has 1 saturated heterocycles. The Morgan fingerprint density at radius 3 is 2.32 bits per heavy atom. The Morgan fingerprint density at radius 2 is 1.70 bits per heavy atom. The minimum Gasteiger partial charge on any atom is -0.403 e. The molecule has 3 saturated carbocycles. The Labute approximate surface area is 229 Å². The highest BCUT2D eigenvalue weighted by Crippen LogP contribution is 2.71. The number of rotatable bonds is 8. The highest BCUT2D eigenvalue weighted by molar-refractivity contribution is 6.74. The molecule has 0 radical (unpaired) electrons. The van der Waals surface area contributed by atoms with E-state index in [1.807, 2.05) is 0 Å². The van der Waals surface area contributed by atoms with Crippen molar-refractivity contribution in [3.8, 4) is 11.8 Å². The zero-order chi connectivity index (χ0) is 26.9. The van der Waals surface area contributed by atoms with Crippen molar-refractivity contribution in [2.75, 3.05) is 13.2 Å². The maximum Gasteiger partial charge on any atom is 0.193 e. The average Bonchev–Trinajstić information content (AvgIpc) is 3.38. The van der Waals surface area contributed by atoms with Gasteiger partial charge in [0.25, 0.3) is 0 Å². The Morgan fingerprint density at radius 1 is 1.03 bits per heavy atom. The third kappa shape index (κ3) is 5.49. The lowest BCUT2D eigenvalue weighted by molar-refractivity contribution is -0.388. The molecule has 6 atom stereocenters. The molecule has 1 N–H and O–H groups in total. The van der Waals surface area contributed by atoms with Crippen LogP contribution in [-0.2, 0) is 13.9 Å². The SMILES string of the molecule is CCCCCC[C@]12CC[C@@H](O)[C@H](C#C[C@@H](O[Si](C)(C)C(C)(C)C)C3CCCCC3)[C@H]1C(C)C21OCCO1. The van der Waals surface area contributed by atoms with Gasteiger partial charge in [-0.2, -0.15) is 0 Å². The van der Waals surface area contributed by atoms with Gasteiger partial charge < -0.3 is 19.0 Å². The zero-order valence-electron chi connectivity index (χ0n) is 25.0. The molecule has 4 aliphatic rings. The molecule has 1 aliphatic heterocycles. The minimum atomic E-state index is -1.96. The maximum atomic E-state index is 11.3. The van der Waals surface area contributed by atoms with Crippen LogP contribution < -0.4 is 0 Å². The summed E-state index contributed by atoms with van der Waals surface area (Å²) in [5.41, 5.74) is -0.0180. The van der Waals surface area contributed by atoms with Crippen LogP contribution in [0.3, 0.4) is 0 Å². The molecular weight excluding hydrogens is 476 g/mol. The number of ether oxygens (including phenoxy) is 2. The van der Waals surface area contributed by atoms with Crippen molar-refractivity contribution in [2.24, 2.45) is 29.1 Å². The van der Waals surface area contributed by atoms with Gasteiger partial charge in [-0.15, -0.1) is 0 Å². The van der Waals surface area contributed by atoms with Crippen LogP contribution in [0.25, 0.3) is 0 Å². The second-order valence-corrected chi connectivity index (χ2v) is 19.0. The van der Waals surface area contributed by atoms with Crippen LogP contribution in [0.4, 0.5) is 0 Å². The number of hydrogen-bond acceptors (Lipinski definition) is 4. The molecule has 5 heteroatoms. The van der Waals surface area contributed by atoms with Gasteiger partial charge in [0.2, 0.25) is 0 Å². The molecule has 1 unspecified atom stereocenters. The number of aliphatic hydroxyl groups excluding tert-OH is 1. The lowest BCUT2D eigenvalue weighted by atomic mass is 9.40. The van der Waals surface area contributed by atoms with Crippen molar-refractivity contribution in [1.82, 2.24) is 0 Å². The van der Waals surface area contributed by atoms with E-state index in [-0.39, 0.29) is 34.5 Å². The summed E-state index contributed by atoms with van der Waals surface area (Å²) >= 11 is 0. The third-order valence-electron chi connectivity index (χ3n) is 11.0. The quantitative estimate of drug-likeness (QED) is 0.198. The Balaban J connectivity index is 1.62. The topological polar surface area (TPSA) is 47.9 Å². The van der Waals surface area contributed by atoms with Gasteiger partial charge in [-0.3, -0.25) is 0 Å². The van der Waals surface area contributed by atoms with Gasteiger partial charge in [-0.25, -0.2) is 0 Å². The predicted molar refractivity (Wildman–Crippen MR) is 154 cm³/mol. The number of fused-ring (bicyclic) bond motifs is 2. The molecule has 0 aromatic carbocycles. The van der Waals surface area contributed by atoms with Gasteiger partial charge in [0.05, 0.1) is 25.2 Å². The summed E-state index contributed by atoms with van der Waals surface area (Å²) in [4.78, 5) is 0. The van der Waals surface area contributed by atoms with E-state index in [0.29, 0.717) is 25.0 Å². The molecule has 0 aromatic rings. The lowest BCUT2D eigenvalue weighted by Crippen LogP contribution is -2.74. The summed E-state index contributed by atoms with van der Waals surface area (Å²) in [6, 6.07) is 0. The molecule has 1 heterocycles. The number of hydrogen-bond donors (Lipinski definition) is 1. The van der Waals surface area contributed by atoms with Crippen molar-refractivity contribution in [3.63, 3.8) is 0 Å². The average molecular weight is 533 g/mol. The van der Waals surface area contributed by atoms with Crippen molar-refractivity contribution in [3.05, 3.63) is 0 Å². The fourth-order valence-electron chi connectivity index (χ4n) is 7.98. The Kier molecular flexibility index (Phi) is 9.29. The molecular formula is C32H56O4Si. The van der Waals surface area contributed by atoms with Gasteiger partial charge in [-0.1, -0.05) is 91.4 Å². The fraction of sp³-hybridized carbons (Fsp3) is 0.938. The normalized spacial score (nSPS) is 34.9. The summed E-state index contributed by atoms with van der Waals surface area (Å²) in [6.07, 6.45) is 13.8. The fourth-order valence-corrected chi connectivity index (χ4v) is 9.21. The first-order valence-corrected chi connectivity index (χ1v) is 18.5. The van der Waals surface area contributed by atoms with E-state index in [1.54, 1.807) is 0 Å². The van der Waals surface area contributed by atoms with E-state index in [9.17, 15) is 5.11 Å². The second kappa shape index (κ2) is 11.6. The first-order chi connectivity index (χ1) is 17.5. The van der Waals surface area contributed by atoms with Gasteiger partial charge in [0.1, 0.15) is 6.10 Å². The molecule has 0 bridgehead atoms. The zero-order valence-corrected chi connectivity index (χ0v) is 26.0. The summed E-state index contributed by atoms with van der Waals surface area (Å²) in [6.45, 7) is 17.6. The van der Waals surface area contributed by atoms with Crippen LogP contribution in [0.2, 0.25) is 18.1 Å². The van der Waals surface area contributed by atoms with Gasteiger partial charge in [-0.05, 0) is 62.1 Å². The molecule has 4 nitrogen and oxygen atoms in total. The predicted octanol–water partition coefficient (Wildman–Crippen LogP) is 7.70. The first-order valence-electron chi connectivity index (χ1n) is 15.6. The minimum absolute atomic E-state index is 0.0161. The summed E-state index contributed by atoms with van der Waals surface area (Å²) in [7, 11) is -1.96. The smallest absolute Gasteiger partial charge is 0.193 e. The lowest BCUT2D eigenvalue weighted by Gasteiger charge is -2.69. The number of aliphatic hydroxyl groups is 1. The molecule has 0 aromatic heterocycles. The molecule has 212 valence electrons. The van der Waals surface area contributed by atoms with E-state index in [2.05, 4.69) is 59.6 Å². The van der Waals surface area contributed by atoms with E-state index in [1.165, 1.54) is 57.8 Å². The van der Waals surface area contributed by atoms with Crippen LogP contribution in [0.5, 0.6) is 0 Å². The van der Waals surface area contributed by atoms with Crippen LogP contribution in [0.1, 0.15) is 112 Å². The molecule has 0 amide bonds. The van der Waals surface area contributed by atoms with Crippen molar-refractivity contribution < 1.29 is 19.0 Å². The Hall–Kier alpha value is -0.383. The van der Waals surface area contributed by atoms with Crippen molar-refractivity contribution >= 4 is 8.32 Å². The van der Waals surface area contributed by atoms with Crippen molar-refractivity contribution in [2.45, 2.75) is 148 Å². The molecule has 1 spiro atoms. The highest BCUT2D eigenvalue weighted by atomic mass is 28.4. The van der Waals surface area contributed by atoms with E-state index in [0.717, 1.165) is 19.3 Å². The number of unbranched alkanes of at least 4 members (excludes halogenated alkanes) is 3. The van der Waals surface area contributed by atoms with Crippen LogP contribution in [0, 0.1) is 40.9 Å². The molecule has 4 rings (SSSR count). The second-order valence-electron chi connectivity index (χ2n) is 14.3. The largest absolute Gasteiger partial charge is 0.403 e. The van der Waals surface area contributed by atoms with Crippen LogP contribution in [-0.4, -0.2) is 44.6 Å². The summed E-state index contributed by atoms with van der Waals surface area (Å²) in [5, 5.41) is 11.5. The standard InChI is InChI=1S/C32H56O4Si/c1-8-9-10-14-20-31-21-19-27(33)26(29(31)24(2)32(31)34-22-23-35-32)17-18-28(25-15-12-11-13-16-25)36-37(6,7)30(3,4)5/h24-29,33H,8-16,19-23H2,1-7H3/t24?,26-,27+,28+,29+,31-/m0/s1. The van der Waals surface area contributed by atoms with Crippen molar-refractivity contribution in [1.29, 1.82) is 0 Å². The van der Waals surface area contributed by atoms with Crippen LogP contribution in [0.15, 0.2) is 0 Å². The highest BCUT2D eigenvalue weighted by Gasteiger charge is 2.75. The third-order valence-corrected chi connectivity index (χ3v) is 15.5.